The van der Waals surface area contributed by atoms with E-state index < -0.39 is 0 Å². The van der Waals surface area contributed by atoms with Crippen molar-refractivity contribution in [3.05, 3.63) is 73.9 Å². The van der Waals surface area contributed by atoms with Crippen molar-refractivity contribution in [2.75, 3.05) is 5.32 Å². The number of pyridine rings is 2. The zero-order valence-corrected chi connectivity index (χ0v) is 18.6. The molecule has 3 aromatic heterocycles. The Morgan fingerprint density at radius 3 is 2.55 bits per heavy atom. The molecule has 8 heteroatoms. The van der Waals surface area contributed by atoms with Crippen LogP contribution in [-0.2, 0) is 0 Å². The smallest absolute Gasteiger partial charge is 0.253 e. The molecule has 0 aliphatic carbocycles. The average Bonchev–Trinajstić information content (AvgIpc) is 2.72. The standard InChI is InChI=1S/C23H24ClN5O2/c1-12(2)14(4)29-20(30)8-5-15-11-25-23(28-21(15)29)26-13(3)18-10-16-9-17(24)6-7-19(16)27-22(18)31/h5-14H,1-4H3,(H,27,31)(H,25,26,28). The van der Waals surface area contributed by atoms with Crippen LogP contribution in [0.3, 0.4) is 0 Å². The molecule has 0 amide bonds. The summed E-state index contributed by atoms with van der Waals surface area (Å²) in [4.78, 5) is 37.1. The second-order valence-corrected chi connectivity index (χ2v) is 8.59. The molecular weight excluding hydrogens is 414 g/mol. The van der Waals surface area contributed by atoms with E-state index in [9.17, 15) is 9.59 Å². The number of H-pyrrole nitrogens is 1. The summed E-state index contributed by atoms with van der Waals surface area (Å²) in [5.41, 5.74) is 1.53. The first kappa shape index (κ1) is 21.1. The molecule has 3 heterocycles. The number of nitrogens with one attached hydrogen (secondary N) is 2. The molecule has 2 atom stereocenters. The van der Waals surface area contributed by atoms with E-state index in [0.717, 1.165) is 16.3 Å². The van der Waals surface area contributed by atoms with Crippen LogP contribution in [0, 0.1) is 5.92 Å². The van der Waals surface area contributed by atoms with Crippen LogP contribution in [0.2, 0.25) is 5.02 Å². The summed E-state index contributed by atoms with van der Waals surface area (Å²) in [6.07, 6.45) is 1.69. The monoisotopic (exact) mass is 437 g/mol. The second-order valence-electron chi connectivity index (χ2n) is 8.15. The van der Waals surface area contributed by atoms with Gasteiger partial charge < -0.3 is 10.3 Å². The van der Waals surface area contributed by atoms with Crippen molar-refractivity contribution in [2.45, 2.75) is 39.8 Å². The van der Waals surface area contributed by atoms with Gasteiger partial charge in [0.05, 0.1) is 6.04 Å². The molecule has 0 radical (unpaired) electrons. The van der Waals surface area contributed by atoms with E-state index in [1.54, 1.807) is 35.0 Å². The van der Waals surface area contributed by atoms with Crippen LogP contribution >= 0.6 is 11.6 Å². The number of nitrogens with zero attached hydrogens (tertiary/aromatic N) is 3. The van der Waals surface area contributed by atoms with E-state index in [-0.39, 0.29) is 29.1 Å². The minimum absolute atomic E-state index is 0.0237. The summed E-state index contributed by atoms with van der Waals surface area (Å²) < 4.78 is 1.70. The lowest BCUT2D eigenvalue weighted by molar-refractivity contribution is 0.407. The summed E-state index contributed by atoms with van der Waals surface area (Å²) >= 11 is 6.10. The van der Waals surface area contributed by atoms with Crippen molar-refractivity contribution >= 4 is 39.5 Å². The van der Waals surface area contributed by atoms with Crippen molar-refractivity contribution in [2.24, 2.45) is 5.92 Å². The van der Waals surface area contributed by atoms with Crippen LogP contribution in [0.1, 0.15) is 45.3 Å². The normalized spacial score (nSPS) is 13.6. The highest BCUT2D eigenvalue weighted by Crippen LogP contribution is 2.23. The Labute approximate surface area is 184 Å². The van der Waals surface area contributed by atoms with Crippen molar-refractivity contribution in [3.8, 4) is 0 Å². The molecule has 0 fully saturated rings. The number of hydrogen-bond acceptors (Lipinski definition) is 5. The Kier molecular flexibility index (Phi) is 5.54. The molecule has 1 aromatic carbocycles. The lowest BCUT2D eigenvalue weighted by Gasteiger charge is -2.21. The van der Waals surface area contributed by atoms with E-state index >= 15 is 0 Å². The minimum Gasteiger partial charge on any atom is -0.347 e. The third-order valence-electron chi connectivity index (χ3n) is 5.69. The van der Waals surface area contributed by atoms with Gasteiger partial charge in [0.1, 0.15) is 5.65 Å². The minimum atomic E-state index is -0.365. The quantitative estimate of drug-likeness (QED) is 0.473. The van der Waals surface area contributed by atoms with E-state index in [4.69, 9.17) is 11.6 Å². The predicted molar refractivity (Wildman–Crippen MR) is 125 cm³/mol. The molecule has 2 unspecified atom stereocenters. The molecule has 160 valence electrons. The second kappa shape index (κ2) is 8.15. The Hall–Kier alpha value is -3.19. The van der Waals surface area contributed by atoms with Crippen molar-refractivity contribution in [1.29, 1.82) is 0 Å². The van der Waals surface area contributed by atoms with Crippen LogP contribution in [-0.4, -0.2) is 19.5 Å². The Bertz CT molecular complexity index is 1390. The first-order valence-corrected chi connectivity index (χ1v) is 10.6. The van der Waals surface area contributed by atoms with E-state index in [0.29, 0.717) is 22.2 Å². The van der Waals surface area contributed by atoms with Crippen LogP contribution in [0.15, 0.2) is 52.2 Å². The topological polar surface area (TPSA) is 92.7 Å². The van der Waals surface area contributed by atoms with Crippen molar-refractivity contribution in [3.63, 3.8) is 0 Å². The van der Waals surface area contributed by atoms with Gasteiger partial charge in [-0.15, -0.1) is 0 Å². The van der Waals surface area contributed by atoms with Gasteiger partial charge in [-0.25, -0.2) is 4.98 Å². The molecule has 0 spiro atoms. The number of anilines is 1. The lowest BCUT2D eigenvalue weighted by atomic mass is 10.1. The third-order valence-corrected chi connectivity index (χ3v) is 5.92. The first-order chi connectivity index (χ1) is 14.7. The molecule has 4 rings (SSSR count). The van der Waals surface area contributed by atoms with Crippen LogP contribution in [0.4, 0.5) is 5.95 Å². The fourth-order valence-corrected chi connectivity index (χ4v) is 3.77. The van der Waals surface area contributed by atoms with Crippen molar-refractivity contribution < 1.29 is 0 Å². The van der Waals surface area contributed by atoms with Gasteiger partial charge >= 0.3 is 0 Å². The van der Waals surface area contributed by atoms with Gasteiger partial charge in [0.15, 0.2) is 0 Å². The highest BCUT2D eigenvalue weighted by molar-refractivity contribution is 6.31. The summed E-state index contributed by atoms with van der Waals surface area (Å²) in [6, 6.07) is 10.0. The maximum Gasteiger partial charge on any atom is 0.253 e. The maximum atomic E-state index is 12.6. The summed E-state index contributed by atoms with van der Waals surface area (Å²) in [5.74, 6) is 0.609. The van der Waals surface area contributed by atoms with Crippen LogP contribution < -0.4 is 16.4 Å². The number of hydrogen-bond donors (Lipinski definition) is 2. The number of rotatable bonds is 5. The number of aromatic amines is 1. The van der Waals surface area contributed by atoms with Gasteiger partial charge in [-0.05, 0) is 50.1 Å². The number of aromatic nitrogens is 4. The van der Waals surface area contributed by atoms with E-state index in [2.05, 4.69) is 34.1 Å². The van der Waals surface area contributed by atoms with Crippen LogP contribution in [0.25, 0.3) is 21.9 Å². The Balaban J connectivity index is 1.74. The van der Waals surface area contributed by atoms with Gasteiger partial charge in [0, 0.05) is 45.2 Å². The molecule has 31 heavy (non-hydrogen) atoms. The van der Waals surface area contributed by atoms with Gasteiger partial charge in [-0.1, -0.05) is 25.4 Å². The van der Waals surface area contributed by atoms with Gasteiger partial charge in [0.2, 0.25) is 5.95 Å². The zero-order valence-electron chi connectivity index (χ0n) is 17.8. The predicted octanol–water partition coefficient (Wildman–Crippen LogP) is 4.68. The maximum absolute atomic E-state index is 12.6. The van der Waals surface area contributed by atoms with E-state index in [1.807, 2.05) is 26.0 Å². The van der Waals surface area contributed by atoms with Gasteiger partial charge in [-0.2, -0.15) is 4.98 Å². The summed E-state index contributed by atoms with van der Waals surface area (Å²) in [6.45, 7) is 8.00. The molecule has 0 saturated carbocycles. The van der Waals surface area contributed by atoms with E-state index in [1.165, 1.54) is 0 Å². The average molecular weight is 438 g/mol. The third kappa shape index (κ3) is 4.05. The molecule has 4 aromatic rings. The number of halogens is 1. The SMILES string of the molecule is CC(Nc1ncc2ccc(=O)n(C(C)C(C)C)c2n1)c1cc2cc(Cl)ccc2[nH]c1=O. The number of fused-ring (bicyclic) bond motifs is 2. The molecule has 7 nitrogen and oxygen atoms in total. The Morgan fingerprint density at radius 2 is 1.81 bits per heavy atom. The first-order valence-electron chi connectivity index (χ1n) is 10.2. The molecule has 0 aliphatic heterocycles. The van der Waals surface area contributed by atoms with Crippen LogP contribution in [0.5, 0.6) is 0 Å². The fraction of sp³-hybridized carbons (Fsp3) is 0.304. The molecular formula is C23H24ClN5O2. The molecule has 0 bridgehead atoms. The highest BCUT2D eigenvalue weighted by Gasteiger charge is 2.17. The van der Waals surface area contributed by atoms with Crippen molar-refractivity contribution in [1.82, 2.24) is 19.5 Å². The Morgan fingerprint density at radius 1 is 1.03 bits per heavy atom. The largest absolute Gasteiger partial charge is 0.347 e. The molecule has 0 saturated heterocycles. The van der Waals surface area contributed by atoms with Gasteiger partial charge in [0.25, 0.3) is 11.1 Å². The number of benzene rings is 1. The molecule has 2 N–H and O–H groups in total. The zero-order chi connectivity index (χ0) is 22.3. The molecule has 0 aliphatic rings. The lowest BCUT2D eigenvalue weighted by Crippen LogP contribution is -2.26. The highest BCUT2D eigenvalue weighted by atomic mass is 35.5. The summed E-state index contributed by atoms with van der Waals surface area (Å²) in [7, 11) is 0. The summed E-state index contributed by atoms with van der Waals surface area (Å²) in [5, 5.41) is 5.42. The van der Waals surface area contributed by atoms with Gasteiger partial charge in [-0.3, -0.25) is 14.2 Å². The fourth-order valence-electron chi connectivity index (χ4n) is 3.59.